The van der Waals surface area contributed by atoms with Gasteiger partial charge in [-0.25, -0.2) is 4.68 Å². The van der Waals surface area contributed by atoms with Crippen molar-refractivity contribution in [1.82, 2.24) is 14.8 Å². The maximum absolute atomic E-state index is 13.9. The summed E-state index contributed by atoms with van der Waals surface area (Å²) in [5.41, 5.74) is 1.51. The van der Waals surface area contributed by atoms with E-state index in [0.717, 1.165) is 11.1 Å². The van der Waals surface area contributed by atoms with E-state index in [1.807, 2.05) is 36.4 Å². The fraction of sp³-hybridized carbons (Fsp3) is 0.160. The predicted octanol–water partition coefficient (Wildman–Crippen LogP) is 5.23. The van der Waals surface area contributed by atoms with Gasteiger partial charge in [-0.15, -0.1) is 0 Å². The molecule has 0 bridgehead atoms. The number of hydrogen-bond acceptors (Lipinski definition) is 6. The van der Waals surface area contributed by atoms with Crippen molar-refractivity contribution in [2.24, 2.45) is 0 Å². The minimum atomic E-state index is -0.555. The third-order valence-electron chi connectivity index (χ3n) is 6.13. The quantitative estimate of drug-likeness (QED) is 0.281. The Morgan fingerprint density at radius 3 is 2.37 bits per heavy atom. The normalized spacial score (nSPS) is 17.0. The summed E-state index contributed by atoms with van der Waals surface area (Å²) in [6.45, 7) is 0. The molecule has 176 valence electrons. The van der Waals surface area contributed by atoms with E-state index in [4.69, 9.17) is 16.3 Å². The number of halogens is 1. The molecule has 0 fully saturated rings. The number of amides is 1. The van der Waals surface area contributed by atoms with Gasteiger partial charge in [0, 0.05) is 11.1 Å². The largest absolute Gasteiger partial charge is 0.497 e. The number of fused-ring (bicyclic) bond motifs is 1. The number of carbonyl (C=O) groups is 1. The molecule has 1 aliphatic rings. The van der Waals surface area contributed by atoms with Crippen molar-refractivity contribution in [3.63, 3.8) is 0 Å². The summed E-state index contributed by atoms with van der Waals surface area (Å²) < 4.78 is 6.97. The van der Waals surface area contributed by atoms with Crippen LogP contribution in [0, 0.1) is 10.1 Å². The molecule has 4 aromatic rings. The molecule has 1 aromatic heterocycles. The number of benzene rings is 3. The summed E-state index contributed by atoms with van der Waals surface area (Å²) in [5.74, 6) is 0.459. The van der Waals surface area contributed by atoms with Gasteiger partial charge in [0.15, 0.2) is 0 Å². The number of carbonyl (C=O) groups excluding carboxylic acids is 1. The lowest BCUT2D eigenvalue weighted by atomic mass is 9.91. The second-order valence-corrected chi connectivity index (χ2v) is 8.48. The summed E-state index contributed by atoms with van der Waals surface area (Å²) >= 11 is 6.10. The van der Waals surface area contributed by atoms with Crippen LogP contribution in [0.1, 0.15) is 40.0 Å². The van der Waals surface area contributed by atoms with Crippen molar-refractivity contribution in [1.29, 1.82) is 0 Å². The summed E-state index contributed by atoms with van der Waals surface area (Å²) in [6, 6.07) is 20.1. The van der Waals surface area contributed by atoms with Crippen molar-refractivity contribution >= 4 is 29.1 Å². The highest BCUT2D eigenvalue weighted by Gasteiger charge is 2.41. The zero-order valence-corrected chi connectivity index (χ0v) is 19.4. The molecule has 1 aliphatic heterocycles. The standard InChI is InChI=1S/C25H20ClN5O4/c1-35-19-12-8-16(9-13-19)22-14-23(17-6-10-18(26)11-7-17)30-25(27-15-28-30)29(22)24(32)20-4-2-3-5-21(20)31(33)34/h2-13,15,22-23H,14H2,1H3. The van der Waals surface area contributed by atoms with E-state index in [1.165, 1.54) is 29.4 Å². The highest BCUT2D eigenvalue weighted by Crippen LogP contribution is 2.43. The van der Waals surface area contributed by atoms with E-state index in [9.17, 15) is 14.9 Å². The Kier molecular flexibility index (Phi) is 5.92. The Morgan fingerprint density at radius 1 is 1.03 bits per heavy atom. The van der Waals surface area contributed by atoms with Gasteiger partial charge in [0.2, 0.25) is 5.95 Å². The molecule has 0 saturated heterocycles. The molecular weight excluding hydrogens is 470 g/mol. The highest BCUT2D eigenvalue weighted by molar-refractivity contribution is 6.30. The number of methoxy groups -OCH3 is 1. The van der Waals surface area contributed by atoms with Gasteiger partial charge < -0.3 is 4.74 Å². The first-order valence-electron chi connectivity index (χ1n) is 10.8. The Hall–Kier alpha value is -4.24. The van der Waals surface area contributed by atoms with Crippen molar-refractivity contribution in [3.8, 4) is 5.75 Å². The number of nitro groups is 1. The van der Waals surface area contributed by atoms with E-state index in [-0.39, 0.29) is 17.3 Å². The van der Waals surface area contributed by atoms with Crippen molar-refractivity contribution in [3.05, 3.63) is 111 Å². The molecule has 0 radical (unpaired) electrons. The first-order chi connectivity index (χ1) is 17.0. The van der Waals surface area contributed by atoms with Crippen LogP contribution in [-0.2, 0) is 0 Å². The molecule has 35 heavy (non-hydrogen) atoms. The van der Waals surface area contributed by atoms with Gasteiger partial charge in [-0.05, 0) is 47.9 Å². The van der Waals surface area contributed by atoms with Crippen molar-refractivity contribution < 1.29 is 14.5 Å². The number of nitro benzene ring substituents is 1. The van der Waals surface area contributed by atoms with E-state index >= 15 is 0 Å². The molecule has 2 atom stereocenters. The molecule has 10 heteroatoms. The Labute approximate surface area is 205 Å². The molecule has 2 heterocycles. The molecule has 3 aromatic carbocycles. The van der Waals surface area contributed by atoms with Gasteiger partial charge >= 0.3 is 0 Å². The highest BCUT2D eigenvalue weighted by atomic mass is 35.5. The number of ether oxygens (including phenoxy) is 1. The Morgan fingerprint density at radius 2 is 1.69 bits per heavy atom. The second kappa shape index (κ2) is 9.19. The van der Waals surface area contributed by atoms with Crippen LogP contribution in [-0.4, -0.2) is 32.7 Å². The number of hydrogen-bond donors (Lipinski definition) is 0. The van der Waals surface area contributed by atoms with Crippen LogP contribution in [0.5, 0.6) is 5.75 Å². The smallest absolute Gasteiger partial charge is 0.282 e. The molecule has 0 saturated carbocycles. The molecule has 9 nitrogen and oxygen atoms in total. The molecule has 5 rings (SSSR count). The molecular formula is C25H20ClN5O4. The Bertz CT molecular complexity index is 1390. The van der Waals surface area contributed by atoms with Crippen LogP contribution in [0.15, 0.2) is 79.1 Å². The summed E-state index contributed by atoms with van der Waals surface area (Å²) in [4.78, 5) is 30.9. The van der Waals surface area contributed by atoms with Crippen LogP contribution in [0.4, 0.5) is 11.6 Å². The van der Waals surface area contributed by atoms with Crippen LogP contribution in [0.2, 0.25) is 5.02 Å². The SMILES string of the molecule is COc1ccc(C2CC(c3ccc(Cl)cc3)n3ncnc3N2C(=O)c2ccccc2[N+](=O)[O-])cc1. The number of rotatable bonds is 5. The summed E-state index contributed by atoms with van der Waals surface area (Å²) in [5, 5.41) is 16.7. The van der Waals surface area contributed by atoms with Crippen LogP contribution < -0.4 is 9.64 Å². The first-order valence-corrected chi connectivity index (χ1v) is 11.2. The topological polar surface area (TPSA) is 103 Å². The molecule has 0 aliphatic carbocycles. The third-order valence-corrected chi connectivity index (χ3v) is 6.38. The predicted molar refractivity (Wildman–Crippen MR) is 130 cm³/mol. The van der Waals surface area contributed by atoms with Gasteiger partial charge in [0.1, 0.15) is 17.6 Å². The maximum atomic E-state index is 13.9. The van der Waals surface area contributed by atoms with E-state index in [1.54, 1.807) is 30.0 Å². The van der Waals surface area contributed by atoms with Gasteiger partial charge in [0.05, 0.1) is 24.1 Å². The van der Waals surface area contributed by atoms with E-state index < -0.39 is 16.9 Å². The average Bonchev–Trinajstić information content (AvgIpc) is 3.38. The first kappa shape index (κ1) is 22.5. The number of nitrogens with zero attached hydrogens (tertiary/aromatic N) is 5. The van der Waals surface area contributed by atoms with Gasteiger partial charge in [0.25, 0.3) is 11.6 Å². The van der Waals surface area contributed by atoms with Crippen LogP contribution in [0.3, 0.4) is 0 Å². The maximum Gasteiger partial charge on any atom is 0.282 e. The molecule has 0 spiro atoms. The molecule has 1 amide bonds. The average molecular weight is 490 g/mol. The molecule has 2 unspecified atom stereocenters. The van der Waals surface area contributed by atoms with Gasteiger partial charge in [-0.2, -0.15) is 10.1 Å². The monoisotopic (exact) mass is 489 g/mol. The zero-order chi connectivity index (χ0) is 24.5. The third kappa shape index (κ3) is 4.10. The minimum absolute atomic E-state index is 0.0181. The van der Waals surface area contributed by atoms with Crippen LogP contribution in [0.25, 0.3) is 0 Å². The number of aromatic nitrogens is 3. The van der Waals surface area contributed by atoms with Crippen molar-refractivity contribution in [2.45, 2.75) is 18.5 Å². The summed E-state index contributed by atoms with van der Waals surface area (Å²) in [6.07, 6.45) is 1.85. The fourth-order valence-electron chi connectivity index (χ4n) is 4.44. The van der Waals surface area contributed by atoms with Crippen molar-refractivity contribution in [2.75, 3.05) is 12.0 Å². The summed E-state index contributed by atoms with van der Waals surface area (Å²) in [7, 11) is 1.58. The lowest BCUT2D eigenvalue weighted by Crippen LogP contribution is -2.42. The van der Waals surface area contributed by atoms with Gasteiger partial charge in [-0.1, -0.05) is 48.0 Å². The van der Waals surface area contributed by atoms with Gasteiger partial charge in [-0.3, -0.25) is 19.8 Å². The number of anilines is 1. The van der Waals surface area contributed by atoms with E-state index in [0.29, 0.717) is 23.1 Å². The fourth-order valence-corrected chi connectivity index (χ4v) is 4.57. The zero-order valence-electron chi connectivity index (χ0n) is 18.6. The lowest BCUT2D eigenvalue weighted by molar-refractivity contribution is -0.385. The lowest BCUT2D eigenvalue weighted by Gasteiger charge is -2.39. The number of para-hydroxylation sites is 1. The van der Waals surface area contributed by atoms with Crippen LogP contribution >= 0.6 is 11.6 Å². The molecule has 0 N–H and O–H groups in total. The Balaban J connectivity index is 1.66. The van der Waals surface area contributed by atoms with E-state index in [2.05, 4.69) is 10.1 Å². The minimum Gasteiger partial charge on any atom is -0.497 e. The second-order valence-electron chi connectivity index (χ2n) is 8.05.